The predicted molar refractivity (Wildman–Crippen MR) is 55.1 cm³/mol. The van der Waals surface area contributed by atoms with Gasteiger partial charge in [-0.3, -0.25) is 4.79 Å². The van der Waals surface area contributed by atoms with Crippen LogP contribution in [0.15, 0.2) is 16.6 Å². The van der Waals surface area contributed by atoms with E-state index in [9.17, 15) is 4.79 Å². The van der Waals surface area contributed by atoms with Crippen LogP contribution in [0.5, 0.6) is 5.75 Å². The summed E-state index contributed by atoms with van der Waals surface area (Å²) in [6.45, 7) is 1.47. The lowest BCUT2D eigenvalue weighted by Crippen LogP contribution is -2.02. The highest BCUT2D eigenvalue weighted by Crippen LogP contribution is 2.32. The van der Waals surface area contributed by atoms with E-state index in [2.05, 4.69) is 15.9 Å². The molecular formula is C9H10BrNO2. The Balaban J connectivity index is 3.43. The second-order valence-corrected chi connectivity index (χ2v) is 3.46. The van der Waals surface area contributed by atoms with E-state index in [1.54, 1.807) is 12.1 Å². The van der Waals surface area contributed by atoms with Crippen LogP contribution in [-0.4, -0.2) is 12.9 Å². The van der Waals surface area contributed by atoms with Gasteiger partial charge in [0, 0.05) is 4.47 Å². The number of nitrogens with two attached hydrogens (primary N) is 1. The molecule has 0 saturated carbocycles. The molecule has 13 heavy (non-hydrogen) atoms. The molecule has 0 aromatic heterocycles. The Bertz CT molecular complexity index is 350. The molecule has 0 heterocycles. The SMILES string of the molecule is COc1c(N)ccc(Br)c1C(C)=O. The summed E-state index contributed by atoms with van der Waals surface area (Å²) in [6, 6.07) is 3.42. The van der Waals surface area contributed by atoms with Crippen molar-refractivity contribution in [3.05, 3.63) is 22.2 Å². The third kappa shape index (κ3) is 1.83. The lowest BCUT2D eigenvalue weighted by Gasteiger charge is -2.09. The van der Waals surface area contributed by atoms with Gasteiger partial charge in [-0.05, 0) is 35.0 Å². The molecule has 0 amide bonds. The van der Waals surface area contributed by atoms with E-state index in [0.717, 1.165) is 0 Å². The second-order valence-electron chi connectivity index (χ2n) is 2.60. The summed E-state index contributed by atoms with van der Waals surface area (Å²) < 4.78 is 5.74. The molecule has 0 spiro atoms. The molecule has 3 nitrogen and oxygen atoms in total. The number of carbonyl (C=O) groups is 1. The minimum atomic E-state index is -0.0731. The molecule has 0 bridgehead atoms. The molecule has 0 unspecified atom stereocenters. The standard InChI is InChI=1S/C9H10BrNO2/c1-5(12)8-6(10)3-4-7(11)9(8)13-2/h3-4H,11H2,1-2H3. The van der Waals surface area contributed by atoms with Gasteiger partial charge in [-0.15, -0.1) is 0 Å². The van der Waals surface area contributed by atoms with Crippen LogP contribution < -0.4 is 10.5 Å². The van der Waals surface area contributed by atoms with E-state index < -0.39 is 0 Å². The highest BCUT2D eigenvalue weighted by molar-refractivity contribution is 9.10. The van der Waals surface area contributed by atoms with Crippen LogP contribution in [0.4, 0.5) is 5.69 Å². The zero-order chi connectivity index (χ0) is 10.0. The Morgan fingerprint density at radius 2 is 2.15 bits per heavy atom. The minimum absolute atomic E-state index is 0.0731. The van der Waals surface area contributed by atoms with E-state index >= 15 is 0 Å². The van der Waals surface area contributed by atoms with Gasteiger partial charge in [-0.1, -0.05) is 0 Å². The van der Waals surface area contributed by atoms with E-state index in [-0.39, 0.29) is 5.78 Å². The van der Waals surface area contributed by atoms with Crippen molar-refractivity contribution in [2.24, 2.45) is 0 Å². The predicted octanol–water partition coefficient (Wildman–Crippen LogP) is 2.24. The van der Waals surface area contributed by atoms with Crippen molar-refractivity contribution >= 4 is 27.4 Å². The summed E-state index contributed by atoms with van der Waals surface area (Å²) in [4.78, 5) is 11.2. The first kappa shape index (κ1) is 10.1. The third-order valence-corrected chi connectivity index (χ3v) is 2.35. The minimum Gasteiger partial charge on any atom is -0.494 e. The maximum atomic E-state index is 11.2. The summed E-state index contributed by atoms with van der Waals surface area (Å²) >= 11 is 3.27. The number of ether oxygens (including phenoxy) is 1. The first-order valence-electron chi connectivity index (χ1n) is 3.70. The third-order valence-electron chi connectivity index (χ3n) is 1.69. The number of hydrogen-bond acceptors (Lipinski definition) is 3. The van der Waals surface area contributed by atoms with Crippen LogP contribution in [-0.2, 0) is 0 Å². The maximum absolute atomic E-state index is 11.2. The van der Waals surface area contributed by atoms with Crippen molar-refractivity contribution < 1.29 is 9.53 Å². The Hall–Kier alpha value is -1.03. The number of rotatable bonds is 2. The Morgan fingerprint density at radius 3 is 2.54 bits per heavy atom. The van der Waals surface area contributed by atoms with Crippen LogP contribution in [0.2, 0.25) is 0 Å². The van der Waals surface area contributed by atoms with Gasteiger partial charge in [-0.2, -0.15) is 0 Å². The van der Waals surface area contributed by atoms with E-state index in [0.29, 0.717) is 21.5 Å². The molecule has 0 aliphatic heterocycles. The second kappa shape index (κ2) is 3.79. The number of hydrogen-bond donors (Lipinski definition) is 1. The molecule has 2 N–H and O–H groups in total. The number of methoxy groups -OCH3 is 1. The van der Waals surface area contributed by atoms with Crippen LogP contribution in [0.3, 0.4) is 0 Å². The van der Waals surface area contributed by atoms with Gasteiger partial charge >= 0.3 is 0 Å². The number of benzene rings is 1. The first-order valence-corrected chi connectivity index (χ1v) is 4.50. The van der Waals surface area contributed by atoms with Crippen molar-refractivity contribution in [2.75, 3.05) is 12.8 Å². The number of ketones is 1. The fourth-order valence-electron chi connectivity index (χ4n) is 1.12. The van der Waals surface area contributed by atoms with Crippen LogP contribution in [0, 0.1) is 0 Å². The molecular weight excluding hydrogens is 234 g/mol. The normalized spacial score (nSPS) is 9.77. The van der Waals surface area contributed by atoms with Gasteiger partial charge in [0.25, 0.3) is 0 Å². The Labute approximate surface area is 85.0 Å². The summed E-state index contributed by atoms with van der Waals surface area (Å²) in [5.41, 5.74) is 6.60. The van der Waals surface area contributed by atoms with Crippen LogP contribution in [0.1, 0.15) is 17.3 Å². The van der Waals surface area contributed by atoms with Crippen molar-refractivity contribution in [3.8, 4) is 5.75 Å². The molecule has 0 saturated heterocycles. The molecule has 1 rings (SSSR count). The van der Waals surface area contributed by atoms with E-state index in [1.165, 1.54) is 14.0 Å². The highest BCUT2D eigenvalue weighted by atomic mass is 79.9. The Kier molecular flexibility index (Phi) is 2.93. The van der Waals surface area contributed by atoms with E-state index in [1.807, 2.05) is 0 Å². The number of halogens is 1. The van der Waals surface area contributed by atoms with Crippen molar-refractivity contribution in [1.29, 1.82) is 0 Å². The molecule has 0 radical (unpaired) electrons. The fraction of sp³-hybridized carbons (Fsp3) is 0.222. The number of anilines is 1. The number of carbonyl (C=O) groups excluding carboxylic acids is 1. The largest absolute Gasteiger partial charge is 0.494 e. The van der Waals surface area contributed by atoms with Gasteiger partial charge in [0.1, 0.15) is 0 Å². The molecule has 0 aliphatic rings. The van der Waals surface area contributed by atoms with Gasteiger partial charge in [-0.25, -0.2) is 0 Å². The summed E-state index contributed by atoms with van der Waals surface area (Å²) in [6.07, 6.45) is 0. The lowest BCUT2D eigenvalue weighted by atomic mass is 10.1. The molecule has 0 fully saturated rings. The van der Waals surface area contributed by atoms with E-state index in [4.69, 9.17) is 10.5 Å². The quantitative estimate of drug-likeness (QED) is 0.641. The topological polar surface area (TPSA) is 52.3 Å². The highest BCUT2D eigenvalue weighted by Gasteiger charge is 2.14. The van der Waals surface area contributed by atoms with Crippen molar-refractivity contribution in [3.63, 3.8) is 0 Å². The van der Waals surface area contributed by atoms with Gasteiger partial charge in [0.2, 0.25) is 0 Å². The average molecular weight is 244 g/mol. The zero-order valence-electron chi connectivity index (χ0n) is 7.43. The Morgan fingerprint density at radius 1 is 1.54 bits per heavy atom. The molecule has 4 heteroatoms. The summed E-state index contributed by atoms with van der Waals surface area (Å²) in [5, 5.41) is 0. The van der Waals surface area contributed by atoms with Crippen molar-refractivity contribution in [1.82, 2.24) is 0 Å². The molecule has 1 aromatic carbocycles. The molecule has 0 aliphatic carbocycles. The monoisotopic (exact) mass is 243 g/mol. The average Bonchev–Trinajstić information content (AvgIpc) is 2.07. The molecule has 1 aromatic rings. The maximum Gasteiger partial charge on any atom is 0.164 e. The summed E-state index contributed by atoms with van der Waals surface area (Å²) in [5.74, 6) is 0.359. The van der Waals surface area contributed by atoms with Gasteiger partial charge in [0.05, 0.1) is 18.4 Å². The summed E-state index contributed by atoms with van der Waals surface area (Å²) in [7, 11) is 1.49. The molecule has 70 valence electrons. The fourth-order valence-corrected chi connectivity index (χ4v) is 1.71. The number of nitrogen functional groups attached to an aromatic ring is 1. The lowest BCUT2D eigenvalue weighted by molar-refractivity contribution is 0.101. The van der Waals surface area contributed by atoms with Crippen LogP contribution >= 0.6 is 15.9 Å². The molecule has 0 atom stereocenters. The van der Waals surface area contributed by atoms with Crippen LogP contribution in [0.25, 0.3) is 0 Å². The van der Waals surface area contributed by atoms with Gasteiger partial charge < -0.3 is 10.5 Å². The van der Waals surface area contributed by atoms with Gasteiger partial charge in [0.15, 0.2) is 11.5 Å². The first-order chi connectivity index (χ1) is 6.07. The zero-order valence-corrected chi connectivity index (χ0v) is 9.01. The smallest absolute Gasteiger partial charge is 0.164 e. The van der Waals surface area contributed by atoms with Crippen molar-refractivity contribution in [2.45, 2.75) is 6.92 Å². The number of Topliss-reactive ketones (excluding diaryl/α,β-unsaturated/α-hetero) is 1.